The molecule has 1 fully saturated rings. The number of nitrogens with zero attached hydrogens (tertiary/aromatic N) is 1. The molecule has 1 amide bonds. The number of ether oxygens (including phenoxy) is 2. The van der Waals surface area contributed by atoms with Crippen LogP contribution in [-0.2, 0) is 16.1 Å². The summed E-state index contributed by atoms with van der Waals surface area (Å²) in [6.07, 6.45) is 5.91. The van der Waals surface area contributed by atoms with Gasteiger partial charge in [-0.3, -0.25) is 9.59 Å². The summed E-state index contributed by atoms with van der Waals surface area (Å²) < 4.78 is 11.9. The highest BCUT2D eigenvalue weighted by Crippen LogP contribution is 2.28. The van der Waals surface area contributed by atoms with Crippen LogP contribution in [-0.4, -0.2) is 41.1 Å². The van der Waals surface area contributed by atoms with Crippen LogP contribution in [0.25, 0.3) is 0 Å². The summed E-state index contributed by atoms with van der Waals surface area (Å²) in [6, 6.07) is 15.7. The summed E-state index contributed by atoms with van der Waals surface area (Å²) in [4.78, 5) is 25.9. The molecule has 0 spiro atoms. The lowest BCUT2D eigenvalue weighted by atomic mass is 10.00. The van der Waals surface area contributed by atoms with Gasteiger partial charge >= 0.3 is 5.97 Å². The van der Waals surface area contributed by atoms with Crippen molar-refractivity contribution in [1.82, 2.24) is 4.90 Å². The number of carboxylic acids is 1. The number of para-hydroxylation sites is 1. The molecule has 6 heteroatoms. The lowest BCUT2D eigenvalue weighted by Crippen LogP contribution is -2.36. The molecule has 0 saturated carbocycles. The molecule has 34 heavy (non-hydrogen) atoms. The molecular formula is C28H37NO5. The molecule has 0 radical (unpaired) electrons. The first kappa shape index (κ1) is 25.8. The third-order valence-corrected chi connectivity index (χ3v) is 6.20. The molecule has 1 aliphatic heterocycles. The number of rotatable bonds is 12. The summed E-state index contributed by atoms with van der Waals surface area (Å²) >= 11 is 0. The van der Waals surface area contributed by atoms with Crippen LogP contribution in [0.1, 0.15) is 86.4 Å². The predicted octanol–water partition coefficient (Wildman–Crippen LogP) is 6.00. The second-order valence-corrected chi connectivity index (χ2v) is 9.16. The first-order valence-corrected chi connectivity index (χ1v) is 12.4. The molecule has 1 N–H and O–H groups in total. The van der Waals surface area contributed by atoms with Crippen LogP contribution >= 0.6 is 0 Å². The van der Waals surface area contributed by atoms with Gasteiger partial charge in [-0.25, -0.2) is 0 Å². The summed E-state index contributed by atoms with van der Waals surface area (Å²) in [5.41, 5.74) is 2.77. The molecule has 1 aliphatic rings. The Labute approximate surface area is 202 Å². The Balaban J connectivity index is 1.62. The molecule has 0 aromatic heterocycles. The van der Waals surface area contributed by atoms with Crippen molar-refractivity contribution < 1.29 is 24.2 Å². The number of amides is 1. The van der Waals surface area contributed by atoms with Gasteiger partial charge in [0.05, 0.1) is 12.7 Å². The first-order chi connectivity index (χ1) is 16.5. The molecule has 1 unspecified atom stereocenters. The van der Waals surface area contributed by atoms with E-state index >= 15 is 0 Å². The molecule has 2 aromatic carbocycles. The molecule has 2 aromatic rings. The number of benzene rings is 2. The standard InChI is InChI=1S/C28H37NO5/c1-21(2)29(28(32)23-16-14-22(15-17-23)25-12-7-9-19-33-25)20-24-10-5-6-11-26(24)34-18-8-3-4-13-27(30)31/h5-6,10-11,14-17,21,25H,3-4,7-9,12-13,18-20H2,1-2H3,(H,30,31). The van der Waals surface area contributed by atoms with Crippen LogP contribution in [0.4, 0.5) is 0 Å². The van der Waals surface area contributed by atoms with E-state index in [0.29, 0.717) is 25.1 Å². The Kier molecular flexibility index (Phi) is 9.95. The zero-order valence-electron chi connectivity index (χ0n) is 20.4. The van der Waals surface area contributed by atoms with Gasteiger partial charge < -0.3 is 19.5 Å². The van der Waals surface area contributed by atoms with Crippen LogP contribution in [0.2, 0.25) is 0 Å². The van der Waals surface area contributed by atoms with Crippen molar-refractivity contribution in [3.05, 3.63) is 65.2 Å². The Hall–Kier alpha value is -2.86. The predicted molar refractivity (Wildman–Crippen MR) is 132 cm³/mol. The van der Waals surface area contributed by atoms with E-state index in [9.17, 15) is 9.59 Å². The minimum Gasteiger partial charge on any atom is -0.493 e. The van der Waals surface area contributed by atoms with Crippen LogP contribution in [0.15, 0.2) is 48.5 Å². The number of carbonyl (C=O) groups excluding carboxylic acids is 1. The SMILES string of the molecule is CC(C)N(Cc1ccccc1OCCCCCC(=O)O)C(=O)c1ccc(C2CCCCO2)cc1. The number of hydrogen-bond donors (Lipinski definition) is 1. The molecule has 184 valence electrons. The van der Waals surface area contributed by atoms with Gasteiger partial charge in [-0.05, 0) is 76.1 Å². The Morgan fingerprint density at radius 3 is 2.50 bits per heavy atom. The Morgan fingerprint density at radius 2 is 1.82 bits per heavy atom. The van der Waals surface area contributed by atoms with Gasteiger partial charge in [0, 0.05) is 36.7 Å². The highest BCUT2D eigenvalue weighted by Gasteiger charge is 2.22. The molecule has 3 rings (SSSR count). The summed E-state index contributed by atoms with van der Waals surface area (Å²) in [5, 5.41) is 8.74. The average Bonchev–Trinajstić information content (AvgIpc) is 2.85. The first-order valence-electron chi connectivity index (χ1n) is 12.4. The molecular weight excluding hydrogens is 430 g/mol. The fraction of sp³-hybridized carbons (Fsp3) is 0.500. The van der Waals surface area contributed by atoms with Gasteiger partial charge in [0.15, 0.2) is 0 Å². The fourth-order valence-electron chi connectivity index (χ4n) is 4.19. The van der Waals surface area contributed by atoms with Crippen LogP contribution in [0, 0.1) is 0 Å². The van der Waals surface area contributed by atoms with Gasteiger partial charge in [-0.1, -0.05) is 30.3 Å². The lowest BCUT2D eigenvalue weighted by molar-refractivity contribution is -0.137. The number of aliphatic carboxylic acids is 1. The van der Waals surface area contributed by atoms with E-state index in [0.717, 1.165) is 49.2 Å². The summed E-state index contributed by atoms with van der Waals surface area (Å²) in [7, 11) is 0. The highest BCUT2D eigenvalue weighted by atomic mass is 16.5. The van der Waals surface area contributed by atoms with E-state index in [4.69, 9.17) is 14.6 Å². The van der Waals surface area contributed by atoms with Gasteiger partial charge in [0.25, 0.3) is 5.91 Å². The van der Waals surface area contributed by atoms with Crippen molar-refractivity contribution >= 4 is 11.9 Å². The molecule has 1 heterocycles. The summed E-state index contributed by atoms with van der Waals surface area (Å²) in [6.45, 7) is 5.83. The fourth-order valence-corrected chi connectivity index (χ4v) is 4.19. The minimum atomic E-state index is -0.762. The van der Waals surface area contributed by atoms with E-state index < -0.39 is 5.97 Å². The second-order valence-electron chi connectivity index (χ2n) is 9.16. The van der Waals surface area contributed by atoms with Crippen LogP contribution in [0.5, 0.6) is 5.75 Å². The highest BCUT2D eigenvalue weighted by molar-refractivity contribution is 5.94. The number of carboxylic acid groups (broad SMARTS) is 1. The normalized spacial score (nSPS) is 15.8. The quantitative estimate of drug-likeness (QED) is 0.387. The van der Waals surface area contributed by atoms with E-state index in [-0.39, 0.29) is 24.5 Å². The largest absolute Gasteiger partial charge is 0.493 e. The van der Waals surface area contributed by atoms with Gasteiger partial charge in [-0.15, -0.1) is 0 Å². The third-order valence-electron chi connectivity index (χ3n) is 6.20. The van der Waals surface area contributed by atoms with Crippen molar-refractivity contribution in [1.29, 1.82) is 0 Å². The van der Waals surface area contributed by atoms with E-state index in [1.165, 1.54) is 6.42 Å². The maximum atomic E-state index is 13.4. The van der Waals surface area contributed by atoms with Crippen molar-refractivity contribution in [3.63, 3.8) is 0 Å². The zero-order valence-corrected chi connectivity index (χ0v) is 20.4. The van der Waals surface area contributed by atoms with E-state index in [2.05, 4.69) is 0 Å². The maximum Gasteiger partial charge on any atom is 0.303 e. The maximum absolute atomic E-state index is 13.4. The minimum absolute atomic E-state index is 0.00501. The Bertz CT molecular complexity index is 919. The molecule has 0 aliphatic carbocycles. The lowest BCUT2D eigenvalue weighted by Gasteiger charge is -2.28. The number of carbonyl (C=O) groups is 2. The average molecular weight is 468 g/mol. The van der Waals surface area contributed by atoms with Crippen molar-refractivity contribution in [2.45, 2.75) is 77.5 Å². The van der Waals surface area contributed by atoms with Crippen molar-refractivity contribution in [2.24, 2.45) is 0 Å². The molecule has 1 atom stereocenters. The zero-order chi connectivity index (χ0) is 24.3. The monoisotopic (exact) mass is 467 g/mol. The van der Waals surface area contributed by atoms with Crippen molar-refractivity contribution in [2.75, 3.05) is 13.2 Å². The second kappa shape index (κ2) is 13.1. The van der Waals surface area contributed by atoms with Gasteiger partial charge in [-0.2, -0.15) is 0 Å². The topological polar surface area (TPSA) is 76.1 Å². The van der Waals surface area contributed by atoms with Crippen LogP contribution in [0.3, 0.4) is 0 Å². The van der Waals surface area contributed by atoms with E-state index in [1.54, 1.807) is 0 Å². The van der Waals surface area contributed by atoms with Gasteiger partial charge in [0.2, 0.25) is 0 Å². The number of hydrogen-bond acceptors (Lipinski definition) is 4. The van der Waals surface area contributed by atoms with Crippen molar-refractivity contribution in [3.8, 4) is 5.75 Å². The molecule has 0 bridgehead atoms. The molecule has 6 nitrogen and oxygen atoms in total. The number of unbranched alkanes of at least 4 members (excludes halogenated alkanes) is 2. The Morgan fingerprint density at radius 1 is 1.06 bits per heavy atom. The summed E-state index contributed by atoms with van der Waals surface area (Å²) in [5.74, 6) is 0.000216. The van der Waals surface area contributed by atoms with Gasteiger partial charge in [0.1, 0.15) is 5.75 Å². The smallest absolute Gasteiger partial charge is 0.303 e. The van der Waals surface area contributed by atoms with Crippen LogP contribution < -0.4 is 4.74 Å². The molecule has 1 saturated heterocycles. The third kappa shape index (κ3) is 7.59. The van der Waals surface area contributed by atoms with E-state index in [1.807, 2.05) is 67.3 Å².